The molecule has 0 bridgehead atoms. The van der Waals surface area contributed by atoms with Gasteiger partial charge in [-0.25, -0.2) is 0 Å². The van der Waals surface area contributed by atoms with Crippen LogP contribution in [0, 0.1) is 26.7 Å². The molecule has 3 heterocycles. The van der Waals surface area contributed by atoms with Crippen molar-refractivity contribution in [2.45, 2.75) is 33.6 Å². The molecule has 0 saturated carbocycles. The van der Waals surface area contributed by atoms with Crippen LogP contribution in [0.15, 0.2) is 18.2 Å². The second-order valence-corrected chi connectivity index (χ2v) is 7.76. The van der Waals surface area contributed by atoms with Crippen molar-refractivity contribution < 1.29 is 9.59 Å². The first-order valence-corrected chi connectivity index (χ1v) is 9.79. The number of anilines is 2. The number of carbonyl (C=O) groups is 2. The lowest BCUT2D eigenvalue weighted by molar-refractivity contribution is -0.120. The number of rotatable bonds is 3. The van der Waals surface area contributed by atoms with E-state index in [0.29, 0.717) is 5.57 Å². The quantitative estimate of drug-likeness (QED) is 0.618. The SMILES string of the molecule is Cc1ccc2c(c1)/C(=C/c1[nH]c(C)c(NC(=O)C3CCCNC3)c1C)C(=O)N2. The molecule has 0 radical (unpaired) electrons. The van der Waals surface area contributed by atoms with Gasteiger partial charge in [0.15, 0.2) is 0 Å². The molecule has 1 unspecified atom stereocenters. The predicted molar refractivity (Wildman–Crippen MR) is 112 cm³/mol. The molecule has 2 aliphatic heterocycles. The van der Waals surface area contributed by atoms with Gasteiger partial charge in [0.25, 0.3) is 5.91 Å². The second kappa shape index (κ2) is 7.28. The van der Waals surface area contributed by atoms with Crippen molar-refractivity contribution in [2.24, 2.45) is 5.92 Å². The predicted octanol–water partition coefficient (Wildman–Crippen LogP) is 3.37. The van der Waals surface area contributed by atoms with Crippen molar-refractivity contribution in [3.63, 3.8) is 0 Å². The average molecular weight is 378 g/mol. The number of piperidine rings is 1. The Balaban J connectivity index is 1.63. The summed E-state index contributed by atoms with van der Waals surface area (Å²) in [6.07, 6.45) is 3.81. The smallest absolute Gasteiger partial charge is 0.256 e. The minimum Gasteiger partial charge on any atom is -0.357 e. The van der Waals surface area contributed by atoms with E-state index in [1.54, 1.807) is 0 Å². The molecule has 146 valence electrons. The van der Waals surface area contributed by atoms with Gasteiger partial charge < -0.3 is 20.9 Å². The summed E-state index contributed by atoms with van der Waals surface area (Å²) in [5.41, 5.74) is 6.98. The van der Waals surface area contributed by atoms with E-state index in [-0.39, 0.29) is 17.7 Å². The van der Waals surface area contributed by atoms with Crippen molar-refractivity contribution in [3.8, 4) is 0 Å². The fourth-order valence-corrected chi connectivity index (χ4v) is 4.00. The maximum Gasteiger partial charge on any atom is 0.256 e. The van der Waals surface area contributed by atoms with Crippen LogP contribution in [0.25, 0.3) is 11.6 Å². The van der Waals surface area contributed by atoms with Gasteiger partial charge in [0.1, 0.15) is 0 Å². The molecular weight excluding hydrogens is 352 g/mol. The molecule has 1 fully saturated rings. The van der Waals surface area contributed by atoms with Crippen LogP contribution < -0.4 is 16.0 Å². The van der Waals surface area contributed by atoms with Crippen molar-refractivity contribution >= 4 is 34.8 Å². The third-order valence-electron chi connectivity index (χ3n) is 5.64. The van der Waals surface area contributed by atoms with Gasteiger partial charge in [-0.15, -0.1) is 0 Å². The summed E-state index contributed by atoms with van der Waals surface area (Å²) in [6.45, 7) is 7.62. The van der Waals surface area contributed by atoms with Crippen molar-refractivity contribution in [3.05, 3.63) is 46.3 Å². The van der Waals surface area contributed by atoms with Gasteiger partial charge in [-0.05, 0) is 63.9 Å². The number of amides is 2. The maximum absolute atomic E-state index is 12.6. The van der Waals surface area contributed by atoms with Crippen LogP contribution in [0.2, 0.25) is 0 Å². The summed E-state index contributed by atoms with van der Waals surface area (Å²) in [6, 6.07) is 5.93. The monoisotopic (exact) mass is 378 g/mol. The van der Waals surface area contributed by atoms with Gasteiger partial charge in [-0.2, -0.15) is 0 Å². The molecule has 1 aromatic carbocycles. The number of hydrogen-bond acceptors (Lipinski definition) is 3. The van der Waals surface area contributed by atoms with Gasteiger partial charge in [0, 0.05) is 29.2 Å². The first-order chi connectivity index (χ1) is 13.4. The topological polar surface area (TPSA) is 86.0 Å². The minimum absolute atomic E-state index is 0.000262. The maximum atomic E-state index is 12.6. The Labute approximate surface area is 164 Å². The second-order valence-electron chi connectivity index (χ2n) is 7.76. The van der Waals surface area contributed by atoms with E-state index in [0.717, 1.165) is 65.4 Å². The fourth-order valence-electron chi connectivity index (χ4n) is 4.00. The zero-order valence-corrected chi connectivity index (χ0v) is 16.5. The summed E-state index contributed by atoms with van der Waals surface area (Å²) in [5.74, 6) is -0.0537. The molecule has 2 aliphatic rings. The molecule has 1 atom stereocenters. The van der Waals surface area contributed by atoms with E-state index in [1.807, 2.05) is 45.0 Å². The van der Waals surface area contributed by atoms with Crippen LogP contribution in [0.1, 0.15) is 40.9 Å². The van der Waals surface area contributed by atoms with E-state index in [2.05, 4.69) is 20.9 Å². The minimum atomic E-state index is -0.105. The molecule has 0 spiro atoms. The Morgan fingerprint density at radius 3 is 2.82 bits per heavy atom. The molecular formula is C22H26N4O2. The first-order valence-electron chi connectivity index (χ1n) is 9.79. The van der Waals surface area contributed by atoms with E-state index in [1.165, 1.54) is 0 Å². The van der Waals surface area contributed by atoms with Crippen molar-refractivity contribution in [1.29, 1.82) is 0 Å². The molecule has 4 N–H and O–H groups in total. The van der Waals surface area contributed by atoms with Crippen LogP contribution in [-0.4, -0.2) is 29.9 Å². The lowest BCUT2D eigenvalue weighted by Gasteiger charge is -2.22. The van der Waals surface area contributed by atoms with Gasteiger partial charge in [-0.3, -0.25) is 9.59 Å². The van der Waals surface area contributed by atoms with E-state index < -0.39 is 0 Å². The highest BCUT2D eigenvalue weighted by Gasteiger charge is 2.26. The summed E-state index contributed by atoms with van der Waals surface area (Å²) in [7, 11) is 0. The lowest BCUT2D eigenvalue weighted by Crippen LogP contribution is -2.37. The number of aromatic nitrogens is 1. The number of aromatic amines is 1. The zero-order chi connectivity index (χ0) is 19.8. The molecule has 1 saturated heterocycles. The van der Waals surface area contributed by atoms with Crippen LogP contribution in [-0.2, 0) is 9.59 Å². The largest absolute Gasteiger partial charge is 0.357 e. The molecule has 2 amide bonds. The highest BCUT2D eigenvalue weighted by atomic mass is 16.2. The lowest BCUT2D eigenvalue weighted by atomic mass is 9.98. The molecule has 0 aliphatic carbocycles. The standard InChI is InChI=1S/C22H26N4O2/c1-12-6-7-18-16(9-12)17(22(28)25-18)10-19-13(2)20(14(3)24-19)26-21(27)15-5-4-8-23-11-15/h6-7,9-10,15,23-24H,4-5,8,11H2,1-3H3,(H,25,28)(H,26,27)/b17-10-. The van der Waals surface area contributed by atoms with Crippen molar-refractivity contribution in [1.82, 2.24) is 10.3 Å². The average Bonchev–Trinajstić information content (AvgIpc) is 3.13. The van der Waals surface area contributed by atoms with E-state index >= 15 is 0 Å². The number of fused-ring (bicyclic) bond motifs is 1. The molecule has 4 rings (SSSR count). The molecule has 28 heavy (non-hydrogen) atoms. The van der Waals surface area contributed by atoms with Gasteiger partial charge in [-0.1, -0.05) is 11.6 Å². The van der Waals surface area contributed by atoms with E-state index in [9.17, 15) is 9.59 Å². The number of aryl methyl sites for hydroxylation is 2. The summed E-state index contributed by atoms with van der Waals surface area (Å²) >= 11 is 0. The summed E-state index contributed by atoms with van der Waals surface area (Å²) < 4.78 is 0. The number of nitrogens with one attached hydrogen (secondary N) is 4. The number of hydrogen-bond donors (Lipinski definition) is 4. The number of benzene rings is 1. The third-order valence-corrected chi connectivity index (χ3v) is 5.64. The molecule has 1 aromatic heterocycles. The fraction of sp³-hybridized carbons (Fsp3) is 0.364. The Bertz CT molecular complexity index is 981. The van der Waals surface area contributed by atoms with Crippen LogP contribution >= 0.6 is 0 Å². The van der Waals surface area contributed by atoms with Crippen LogP contribution in [0.5, 0.6) is 0 Å². The van der Waals surface area contributed by atoms with Crippen LogP contribution in [0.3, 0.4) is 0 Å². The highest BCUT2D eigenvalue weighted by Crippen LogP contribution is 2.35. The summed E-state index contributed by atoms with van der Waals surface area (Å²) in [5, 5.41) is 9.29. The Morgan fingerprint density at radius 1 is 1.25 bits per heavy atom. The molecule has 6 heteroatoms. The normalized spacial score (nSPS) is 20.2. The third kappa shape index (κ3) is 3.36. The highest BCUT2D eigenvalue weighted by molar-refractivity contribution is 6.35. The molecule has 6 nitrogen and oxygen atoms in total. The summed E-state index contributed by atoms with van der Waals surface area (Å²) in [4.78, 5) is 28.4. The Morgan fingerprint density at radius 2 is 2.07 bits per heavy atom. The number of carbonyl (C=O) groups excluding carboxylic acids is 2. The molecule has 2 aromatic rings. The van der Waals surface area contributed by atoms with Crippen LogP contribution in [0.4, 0.5) is 11.4 Å². The van der Waals surface area contributed by atoms with Gasteiger partial charge in [0.2, 0.25) is 5.91 Å². The Kier molecular flexibility index (Phi) is 4.81. The van der Waals surface area contributed by atoms with Gasteiger partial charge >= 0.3 is 0 Å². The zero-order valence-electron chi connectivity index (χ0n) is 16.5. The van der Waals surface area contributed by atoms with Gasteiger partial charge in [0.05, 0.1) is 17.2 Å². The Hall–Kier alpha value is -2.86. The van der Waals surface area contributed by atoms with E-state index in [4.69, 9.17) is 0 Å². The first kappa shape index (κ1) is 18.5. The van der Waals surface area contributed by atoms with Crippen molar-refractivity contribution in [2.75, 3.05) is 23.7 Å². The number of H-pyrrole nitrogens is 1.